The van der Waals surface area contributed by atoms with Crippen LogP contribution >= 0.6 is 8.53 Å². The van der Waals surface area contributed by atoms with Gasteiger partial charge in [-0.25, -0.2) is 0 Å². The van der Waals surface area contributed by atoms with Gasteiger partial charge in [0.05, 0.1) is 12.2 Å². The molecule has 0 amide bonds. The summed E-state index contributed by atoms with van der Waals surface area (Å²) in [7, 11) is -1.15. The fourth-order valence-electron chi connectivity index (χ4n) is 7.50. The molecule has 4 saturated carbocycles. The lowest BCUT2D eigenvalue weighted by atomic mass is 9.53. The average Bonchev–Trinajstić information content (AvgIpc) is 2.77. The van der Waals surface area contributed by atoms with Gasteiger partial charge in [-0.15, -0.1) is 0 Å². The maximum Gasteiger partial charge on any atom is 0.253 e. The van der Waals surface area contributed by atoms with E-state index in [0.29, 0.717) is 12.2 Å². The van der Waals surface area contributed by atoms with Crippen LogP contribution in [0.5, 0.6) is 0 Å². The van der Waals surface area contributed by atoms with Gasteiger partial charge in [0.25, 0.3) is 8.53 Å². The summed E-state index contributed by atoms with van der Waals surface area (Å²) in [5.74, 6) is 5.23. The first-order valence-corrected chi connectivity index (χ1v) is 11.9. The highest BCUT2D eigenvalue weighted by atomic mass is 31.2. The number of fused-ring (bicyclic) bond motifs is 7. The van der Waals surface area contributed by atoms with Crippen molar-refractivity contribution in [3.05, 3.63) is 0 Å². The van der Waals surface area contributed by atoms with Crippen molar-refractivity contribution in [1.29, 1.82) is 0 Å². The Hall–Kier alpha value is 0.310. The number of rotatable bonds is 0. The summed E-state index contributed by atoms with van der Waals surface area (Å²) in [4.78, 5) is 0. The first-order valence-electron chi connectivity index (χ1n) is 10.7. The quantitative estimate of drug-likeness (QED) is 0.595. The van der Waals surface area contributed by atoms with Gasteiger partial charge in [0.15, 0.2) is 0 Å². The molecule has 1 saturated heterocycles. The Morgan fingerprint density at radius 2 is 1.04 bits per heavy atom. The van der Waals surface area contributed by atoms with E-state index in [9.17, 15) is 0 Å². The van der Waals surface area contributed by atoms with Crippen LogP contribution in [0.3, 0.4) is 0 Å². The van der Waals surface area contributed by atoms with Gasteiger partial charge in [-0.1, -0.05) is 38.5 Å². The molecule has 5 aliphatic rings. The number of hydrogen-bond donors (Lipinski definition) is 1. The molecule has 0 aromatic rings. The molecule has 3 nitrogen and oxygen atoms in total. The van der Waals surface area contributed by atoms with Crippen LogP contribution in [0.4, 0.5) is 0 Å². The highest BCUT2D eigenvalue weighted by Crippen LogP contribution is 2.60. The van der Waals surface area contributed by atoms with E-state index in [1.807, 2.05) is 0 Å². The molecule has 8 unspecified atom stereocenters. The maximum absolute atomic E-state index is 6.36. The van der Waals surface area contributed by atoms with Crippen molar-refractivity contribution in [3.63, 3.8) is 0 Å². The van der Waals surface area contributed by atoms with E-state index in [1.165, 1.54) is 77.0 Å². The smallest absolute Gasteiger partial charge is 0.253 e. The predicted octanol–water partition coefficient (Wildman–Crippen LogP) is 5.39. The summed E-state index contributed by atoms with van der Waals surface area (Å²) in [5, 5.41) is 0. The second kappa shape index (κ2) is 6.80. The summed E-state index contributed by atoms with van der Waals surface area (Å²) in [5.41, 5.74) is 6.31. The fraction of sp³-hybridized carbons (Fsp3) is 1.00. The molecule has 1 aliphatic heterocycles. The van der Waals surface area contributed by atoms with Gasteiger partial charge in [0.1, 0.15) is 0 Å². The highest BCUT2D eigenvalue weighted by Gasteiger charge is 2.54. The van der Waals surface area contributed by atoms with E-state index in [1.54, 1.807) is 0 Å². The van der Waals surface area contributed by atoms with Crippen LogP contribution in [0.25, 0.3) is 0 Å². The molecule has 2 N–H and O–H groups in total. The summed E-state index contributed by atoms with van der Waals surface area (Å²) < 4.78 is 12.7. The van der Waals surface area contributed by atoms with Gasteiger partial charge in [-0.2, -0.15) is 0 Å². The van der Waals surface area contributed by atoms with Gasteiger partial charge in [0, 0.05) is 0 Å². The minimum absolute atomic E-state index is 0.399. The molecule has 5 rings (SSSR count). The normalized spacial score (nSPS) is 54.6. The van der Waals surface area contributed by atoms with E-state index < -0.39 is 8.53 Å². The summed E-state index contributed by atoms with van der Waals surface area (Å²) in [6.07, 6.45) is 17.7. The molecule has 24 heavy (non-hydrogen) atoms. The third kappa shape index (κ3) is 2.79. The maximum atomic E-state index is 6.36. The highest BCUT2D eigenvalue weighted by molar-refractivity contribution is 7.44. The molecule has 4 aliphatic carbocycles. The van der Waals surface area contributed by atoms with E-state index in [0.717, 1.165) is 35.5 Å². The van der Waals surface area contributed by atoms with Crippen LogP contribution in [-0.2, 0) is 9.05 Å². The first kappa shape index (κ1) is 16.5. The standard InChI is InChI=1S/C20H34NO2P/c21-24-22-17-11-9-13-5-1-3-7-15(13)19(17)20-16-8-4-2-6-14(16)10-12-18(20)23-24/h13-20H,1-12,21H2. The molecule has 0 aromatic carbocycles. The molecule has 0 bridgehead atoms. The van der Waals surface area contributed by atoms with Gasteiger partial charge < -0.3 is 9.05 Å². The Labute approximate surface area is 148 Å². The van der Waals surface area contributed by atoms with Crippen LogP contribution in [0.15, 0.2) is 0 Å². The SMILES string of the molecule is NP1OC2CCC3CCCCC3C2C2C(CCC3CCCCC32)O1. The second-order valence-corrected chi connectivity index (χ2v) is 10.3. The zero-order valence-electron chi connectivity index (χ0n) is 14.9. The van der Waals surface area contributed by atoms with Crippen molar-refractivity contribution in [2.45, 2.75) is 89.3 Å². The Balaban J connectivity index is 1.50. The van der Waals surface area contributed by atoms with Crippen molar-refractivity contribution in [2.75, 3.05) is 0 Å². The van der Waals surface area contributed by atoms with E-state index >= 15 is 0 Å². The Morgan fingerprint density at radius 1 is 0.583 bits per heavy atom. The average molecular weight is 351 g/mol. The van der Waals surface area contributed by atoms with E-state index in [4.69, 9.17) is 14.6 Å². The van der Waals surface area contributed by atoms with Crippen LogP contribution in [-0.4, -0.2) is 12.2 Å². The van der Waals surface area contributed by atoms with Gasteiger partial charge in [-0.3, -0.25) is 5.50 Å². The molecule has 0 radical (unpaired) electrons. The lowest BCUT2D eigenvalue weighted by molar-refractivity contribution is -0.0856. The molecular weight excluding hydrogens is 317 g/mol. The van der Waals surface area contributed by atoms with Crippen molar-refractivity contribution < 1.29 is 9.05 Å². The van der Waals surface area contributed by atoms with Crippen molar-refractivity contribution in [1.82, 2.24) is 0 Å². The van der Waals surface area contributed by atoms with Gasteiger partial charge >= 0.3 is 0 Å². The zero-order valence-corrected chi connectivity index (χ0v) is 15.8. The minimum Gasteiger partial charge on any atom is -0.319 e. The van der Waals surface area contributed by atoms with E-state index in [2.05, 4.69) is 0 Å². The van der Waals surface area contributed by atoms with Crippen LogP contribution in [0, 0.1) is 35.5 Å². The molecular formula is C20H34NO2P. The second-order valence-electron chi connectivity index (χ2n) is 9.30. The van der Waals surface area contributed by atoms with Gasteiger partial charge in [0.2, 0.25) is 0 Å². The Kier molecular flexibility index (Phi) is 4.67. The zero-order chi connectivity index (χ0) is 16.1. The molecule has 5 fully saturated rings. The number of hydrogen-bond acceptors (Lipinski definition) is 3. The molecule has 136 valence electrons. The monoisotopic (exact) mass is 351 g/mol. The Morgan fingerprint density at radius 3 is 1.54 bits per heavy atom. The largest absolute Gasteiger partial charge is 0.319 e. The molecule has 1 heterocycles. The predicted molar refractivity (Wildman–Crippen MR) is 97.2 cm³/mol. The van der Waals surface area contributed by atoms with Crippen LogP contribution < -0.4 is 5.50 Å². The van der Waals surface area contributed by atoms with Crippen molar-refractivity contribution >= 4 is 8.53 Å². The third-order valence-corrected chi connectivity index (χ3v) is 9.31. The minimum atomic E-state index is -1.15. The third-order valence-electron chi connectivity index (χ3n) is 8.35. The summed E-state index contributed by atoms with van der Waals surface area (Å²) in [6.45, 7) is 0. The fourth-order valence-corrected chi connectivity index (χ4v) is 8.58. The molecule has 0 aromatic heterocycles. The lowest BCUT2D eigenvalue weighted by Crippen LogP contribution is -2.51. The summed E-state index contributed by atoms with van der Waals surface area (Å²) in [6, 6.07) is 0. The number of nitrogens with two attached hydrogens (primary N) is 1. The van der Waals surface area contributed by atoms with Crippen molar-refractivity contribution in [2.24, 2.45) is 41.0 Å². The van der Waals surface area contributed by atoms with Gasteiger partial charge in [-0.05, 0) is 74.0 Å². The lowest BCUT2D eigenvalue weighted by Gasteiger charge is -2.53. The molecule has 0 spiro atoms. The molecule has 4 heteroatoms. The topological polar surface area (TPSA) is 44.5 Å². The Bertz CT molecular complexity index is 421. The molecule has 8 atom stereocenters. The van der Waals surface area contributed by atoms with Crippen LogP contribution in [0.1, 0.15) is 77.0 Å². The van der Waals surface area contributed by atoms with Crippen molar-refractivity contribution in [3.8, 4) is 0 Å². The van der Waals surface area contributed by atoms with Crippen LogP contribution in [0.2, 0.25) is 0 Å². The van der Waals surface area contributed by atoms with E-state index in [-0.39, 0.29) is 0 Å². The summed E-state index contributed by atoms with van der Waals surface area (Å²) >= 11 is 0. The first-order chi connectivity index (χ1) is 11.8.